The van der Waals surface area contributed by atoms with Crippen LogP contribution in [0.25, 0.3) is 10.9 Å². The molecule has 0 saturated carbocycles. The number of allylic oxidation sites excluding steroid dienone is 1. The summed E-state index contributed by atoms with van der Waals surface area (Å²) in [5.41, 5.74) is 6.81. The normalized spacial score (nSPS) is 11.9. The molecule has 21 heavy (non-hydrogen) atoms. The molecule has 0 aliphatic heterocycles. The molecular weight excluding hydrogens is 286 g/mol. The second-order valence-electron chi connectivity index (χ2n) is 4.81. The summed E-state index contributed by atoms with van der Waals surface area (Å²) < 4.78 is 26.7. The largest absolute Gasteiger partial charge is 0.398 e. The molecule has 0 aliphatic carbocycles. The molecule has 0 bridgehead atoms. The van der Waals surface area contributed by atoms with Crippen LogP contribution in [0.1, 0.15) is 12.8 Å². The molecule has 0 atom stereocenters. The predicted molar refractivity (Wildman–Crippen MR) is 85.4 cm³/mol. The number of sulfonamides is 1. The van der Waals surface area contributed by atoms with Crippen LogP contribution in [0.2, 0.25) is 0 Å². The number of fused-ring (bicyclic) bond motifs is 1. The summed E-state index contributed by atoms with van der Waals surface area (Å²) >= 11 is 0. The van der Waals surface area contributed by atoms with Gasteiger partial charge in [-0.05, 0) is 37.1 Å². The first-order valence-corrected chi connectivity index (χ1v) is 8.13. The minimum Gasteiger partial charge on any atom is -0.398 e. The van der Waals surface area contributed by atoms with Gasteiger partial charge < -0.3 is 5.73 Å². The Balaban J connectivity index is 2.45. The lowest BCUT2D eigenvalue weighted by molar-refractivity contribution is 0.463. The van der Waals surface area contributed by atoms with Crippen LogP contribution in [-0.2, 0) is 10.0 Å². The highest BCUT2D eigenvalue weighted by atomic mass is 32.2. The number of nitrogens with zero attached hydrogens (tertiary/aromatic N) is 2. The molecule has 0 spiro atoms. The minimum atomic E-state index is -3.58. The SMILES string of the molecule is C=CCCCN(C)S(=O)(=O)c1ccc(N)c2cccnc12. The molecule has 0 fully saturated rings. The molecule has 2 rings (SSSR count). The summed E-state index contributed by atoms with van der Waals surface area (Å²) in [5.74, 6) is 0. The number of pyridine rings is 1. The van der Waals surface area contributed by atoms with Crippen LogP contribution < -0.4 is 5.73 Å². The number of aromatic nitrogens is 1. The third-order valence-corrected chi connectivity index (χ3v) is 5.22. The van der Waals surface area contributed by atoms with Crippen molar-refractivity contribution in [1.82, 2.24) is 9.29 Å². The van der Waals surface area contributed by atoms with Gasteiger partial charge in [0.25, 0.3) is 0 Å². The molecule has 6 heteroatoms. The molecule has 2 aromatic rings. The van der Waals surface area contributed by atoms with Crippen molar-refractivity contribution in [2.75, 3.05) is 19.3 Å². The van der Waals surface area contributed by atoms with Crippen LogP contribution in [0.5, 0.6) is 0 Å². The Morgan fingerprint density at radius 3 is 2.86 bits per heavy atom. The van der Waals surface area contributed by atoms with Gasteiger partial charge in [0.05, 0.1) is 5.52 Å². The van der Waals surface area contributed by atoms with Crippen molar-refractivity contribution < 1.29 is 8.42 Å². The first-order chi connectivity index (χ1) is 9.98. The Hall–Kier alpha value is -1.92. The zero-order chi connectivity index (χ0) is 15.5. The molecule has 0 radical (unpaired) electrons. The third-order valence-electron chi connectivity index (χ3n) is 3.34. The van der Waals surface area contributed by atoms with Crippen LogP contribution in [0.4, 0.5) is 5.69 Å². The molecule has 1 aromatic heterocycles. The highest BCUT2D eigenvalue weighted by Crippen LogP contribution is 2.27. The molecule has 2 N–H and O–H groups in total. The van der Waals surface area contributed by atoms with Crippen LogP contribution in [0, 0.1) is 0 Å². The van der Waals surface area contributed by atoms with E-state index in [2.05, 4.69) is 11.6 Å². The van der Waals surface area contributed by atoms with Gasteiger partial charge in [0, 0.05) is 30.9 Å². The highest BCUT2D eigenvalue weighted by molar-refractivity contribution is 7.89. The lowest BCUT2D eigenvalue weighted by atomic mass is 10.2. The second kappa shape index (κ2) is 6.24. The number of unbranched alkanes of at least 4 members (excludes halogenated alkanes) is 1. The van der Waals surface area contributed by atoms with Gasteiger partial charge in [0.2, 0.25) is 10.0 Å². The summed E-state index contributed by atoms with van der Waals surface area (Å²) in [7, 11) is -2.01. The van der Waals surface area contributed by atoms with Crippen molar-refractivity contribution in [1.29, 1.82) is 0 Å². The zero-order valence-electron chi connectivity index (χ0n) is 12.0. The number of hydrogen-bond donors (Lipinski definition) is 1. The molecule has 0 amide bonds. The van der Waals surface area contributed by atoms with Crippen molar-refractivity contribution in [2.45, 2.75) is 17.7 Å². The van der Waals surface area contributed by atoms with Gasteiger partial charge in [0.1, 0.15) is 4.90 Å². The molecular formula is C15H19N3O2S. The molecule has 0 saturated heterocycles. The molecule has 0 aliphatic rings. The third kappa shape index (κ3) is 3.06. The van der Waals surface area contributed by atoms with Gasteiger partial charge in [-0.3, -0.25) is 4.98 Å². The minimum absolute atomic E-state index is 0.188. The smallest absolute Gasteiger partial charge is 0.244 e. The average molecular weight is 305 g/mol. The maximum Gasteiger partial charge on any atom is 0.244 e. The van der Waals surface area contributed by atoms with Gasteiger partial charge >= 0.3 is 0 Å². The summed E-state index contributed by atoms with van der Waals surface area (Å²) in [4.78, 5) is 4.37. The number of nitrogen functional groups attached to an aromatic ring is 1. The summed E-state index contributed by atoms with van der Waals surface area (Å²) in [6, 6.07) is 6.63. The van der Waals surface area contributed by atoms with Crippen LogP contribution >= 0.6 is 0 Å². The molecule has 5 nitrogen and oxygen atoms in total. The molecule has 1 aromatic carbocycles. The number of nitrogens with two attached hydrogens (primary N) is 1. The monoisotopic (exact) mass is 305 g/mol. The highest BCUT2D eigenvalue weighted by Gasteiger charge is 2.23. The summed E-state index contributed by atoms with van der Waals surface area (Å²) in [6.07, 6.45) is 4.86. The van der Waals surface area contributed by atoms with Crippen LogP contribution in [0.15, 0.2) is 48.0 Å². The topological polar surface area (TPSA) is 76.3 Å². The van der Waals surface area contributed by atoms with E-state index in [4.69, 9.17) is 5.73 Å². The van der Waals surface area contributed by atoms with Crippen molar-refractivity contribution in [3.05, 3.63) is 43.1 Å². The van der Waals surface area contributed by atoms with E-state index in [0.717, 1.165) is 12.8 Å². The van der Waals surface area contributed by atoms with Gasteiger partial charge in [-0.25, -0.2) is 12.7 Å². The van der Waals surface area contributed by atoms with E-state index >= 15 is 0 Å². The van der Waals surface area contributed by atoms with Crippen LogP contribution in [0.3, 0.4) is 0 Å². The van der Waals surface area contributed by atoms with Gasteiger partial charge in [-0.2, -0.15) is 0 Å². The van der Waals surface area contributed by atoms with Crippen molar-refractivity contribution in [3.8, 4) is 0 Å². The van der Waals surface area contributed by atoms with E-state index in [1.54, 1.807) is 37.5 Å². The fraction of sp³-hybridized carbons (Fsp3) is 0.267. The van der Waals surface area contributed by atoms with E-state index in [9.17, 15) is 8.42 Å². The average Bonchev–Trinajstić information content (AvgIpc) is 2.47. The predicted octanol–water partition coefficient (Wildman–Crippen LogP) is 2.40. The first kappa shape index (κ1) is 15.5. The Morgan fingerprint density at radius 2 is 2.14 bits per heavy atom. The fourth-order valence-corrected chi connectivity index (χ4v) is 3.48. The van der Waals surface area contributed by atoms with E-state index in [1.165, 1.54) is 10.4 Å². The Bertz CT molecular complexity index is 757. The van der Waals surface area contributed by atoms with Gasteiger partial charge in [0.15, 0.2) is 0 Å². The van der Waals surface area contributed by atoms with Crippen molar-refractivity contribution in [2.24, 2.45) is 0 Å². The van der Waals surface area contributed by atoms with Crippen molar-refractivity contribution >= 4 is 26.6 Å². The molecule has 1 heterocycles. The number of anilines is 1. The number of benzene rings is 1. The fourth-order valence-electron chi connectivity index (χ4n) is 2.12. The van der Waals surface area contributed by atoms with E-state index in [0.29, 0.717) is 23.1 Å². The number of rotatable bonds is 6. The van der Waals surface area contributed by atoms with Gasteiger partial charge in [-0.15, -0.1) is 6.58 Å². The summed E-state index contributed by atoms with van der Waals surface area (Å²) in [6.45, 7) is 4.07. The Labute approximate surface area is 125 Å². The standard InChI is InChI=1S/C15H19N3O2S/c1-3-4-5-11-18(2)21(19,20)14-9-8-13(16)12-7-6-10-17-15(12)14/h3,6-10H,1,4-5,11,16H2,2H3. The maximum atomic E-state index is 12.7. The lowest BCUT2D eigenvalue weighted by Gasteiger charge is -2.18. The maximum absolute atomic E-state index is 12.7. The quantitative estimate of drug-likeness (QED) is 0.505. The second-order valence-corrected chi connectivity index (χ2v) is 6.82. The first-order valence-electron chi connectivity index (χ1n) is 6.69. The zero-order valence-corrected chi connectivity index (χ0v) is 12.8. The van der Waals surface area contributed by atoms with Crippen LogP contribution in [-0.4, -0.2) is 31.3 Å². The molecule has 0 unspecified atom stereocenters. The Kier molecular flexibility index (Phi) is 4.59. The van der Waals surface area contributed by atoms with E-state index in [1.807, 2.05) is 0 Å². The van der Waals surface area contributed by atoms with E-state index < -0.39 is 10.0 Å². The molecule has 112 valence electrons. The lowest BCUT2D eigenvalue weighted by Crippen LogP contribution is -2.28. The number of hydrogen-bond acceptors (Lipinski definition) is 4. The Morgan fingerprint density at radius 1 is 1.38 bits per heavy atom. The van der Waals surface area contributed by atoms with E-state index in [-0.39, 0.29) is 4.90 Å². The summed E-state index contributed by atoms with van der Waals surface area (Å²) in [5, 5.41) is 0.651. The van der Waals surface area contributed by atoms with Crippen molar-refractivity contribution in [3.63, 3.8) is 0 Å². The van der Waals surface area contributed by atoms with Gasteiger partial charge in [-0.1, -0.05) is 6.08 Å².